The van der Waals surface area contributed by atoms with Gasteiger partial charge >= 0.3 is 6.09 Å². The first kappa shape index (κ1) is 18.8. The molecule has 2 saturated heterocycles. The normalized spacial score (nSPS) is 29.1. The Bertz CT molecular complexity index is 630. The molecular weight excluding hydrogens is 336 g/mol. The lowest BCUT2D eigenvalue weighted by Crippen LogP contribution is -2.57. The highest BCUT2D eigenvalue weighted by atomic mass is 16.6. The fourth-order valence-electron chi connectivity index (χ4n) is 4.15. The summed E-state index contributed by atoms with van der Waals surface area (Å²) in [6.07, 6.45) is 3.68. The summed E-state index contributed by atoms with van der Waals surface area (Å²) in [6.45, 7) is 4.68. The molecule has 0 saturated carbocycles. The third-order valence-electron chi connectivity index (χ3n) is 5.32. The number of nitrogens with zero attached hydrogens (tertiary/aromatic N) is 1. The van der Waals surface area contributed by atoms with Gasteiger partial charge in [0.2, 0.25) is 5.91 Å². The number of hydrogen-bond donors (Lipinski definition) is 2. The Kier molecular flexibility index (Phi) is 5.55. The second-order valence-electron chi connectivity index (χ2n) is 7.69. The summed E-state index contributed by atoms with van der Waals surface area (Å²) in [5.41, 5.74) is -1.00. The van der Waals surface area contributed by atoms with Gasteiger partial charge in [-0.15, -0.1) is 0 Å². The third-order valence-corrected chi connectivity index (χ3v) is 5.32. The molecule has 2 fully saturated rings. The number of aliphatic hydroxyl groups is 1. The van der Waals surface area contributed by atoms with E-state index in [1.807, 2.05) is 13.8 Å². The molecule has 2 aliphatic rings. The molecule has 2 aliphatic heterocycles. The molecule has 0 unspecified atom stereocenters. The predicted octanol–water partition coefficient (Wildman–Crippen LogP) is 2.47. The standard InChI is InChI=1S/C19H28N2O5/c1-13(2)12-26-18(24)21-16(15-6-5-9-25-15)14(11-22)10-19(21)7-3-4-8-20-17(19)23/h5-6,9,13-14,16,22H,3-4,7-8,10-12H2,1-2H3,(H,20,23)/t14-,16-,19+/m1/s1. The molecular formula is C19H28N2O5. The second kappa shape index (κ2) is 7.70. The van der Waals surface area contributed by atoms with E-state index in [2.05, 4.69) is 5.32 Å². The number of ether oxygens (including phenoxy) is 1. The zero-order chi connectivity index (χ0) is 18.7. The van der Waals surface area contributed by atoms with E-state index < -0.39 is 17.7 Å². The molecule has 1 aromatic rings. The van der Waals surface area contributed by atoms with Crippen molar-refractivity contribution in [1.82, 2.24) is 10.2 Å². The highest BCUT2D eigenvalue weighted by molar-refractivity contribution is 5.91. The Morgan fingerprint density at radius 2 is 2.31 bits per heavy atom. The summed E-state index contributed by atoms with van der Waals surface area (Å²) in [4.78, 5) is 27.6. The number of furan rings is 1. The number of amides is 2. The average molecular weight is 364 g/mol. The topological polar surface area (TPSA) is 92.0 Å². The summed E-state index contributed by atoms with van der Waals surface area (Å²) in [5.74, 6) is 0.316. The molecule has 2 amide bonds. The van der Waals surface area contributed by atoms with Crippen LogP contribution in [0.15, 0.2) is 22.8 Å². The fraction of sp³-hybridized carbons (Fsp3) is 0.684. The van der Waals surface area contributed by atoms with Crippen molar-refractivity contribution in [2.45, 2.75) is 51.1 Å². The van der Waals surface area contributed by atoms with Crippen LogP contribution in [-0.4, -0.2) is 47.3 Å². The van der Waals surface area contributed by atoms with E-state index in [4.69, 9.17) is 9.15 Å². The second-order valence-corrected chi connectivity index (χ2v) is 7.69. The lowest BCUT2D eigenvalue weighted by Gasteiger charge is -2.37. The first-order chi connectivity index (χ1) is 12.5. The minimum absolute atomic E-state index is 0.131. The molecule has 0 radical (unpaired) electrons. The van der Waals surface area contributed by atoms with Crippen LogP contribution in [0.1, 0.15) is 51.3 Å². The molecule has 7 heteroatoms. The minimum Gasteiger partial charge on any atom is -0.467 e. The molecule has 2 N–H and O–H groups in total. The molecule has 0 aromatic carbocycles. The summed E-state index contributed by atoms with van der Waals surface area (Å²) >= 11 is 0. The molecule has 3 heterocycles. The van der Waals surface area contributed by atoms with Gasteiger partial charge in [-0.1, -0.05) is 13.8 Å². The van der Waals surface area contributed by atoms with Gasteiger partial charge in [-0.3, -0.25) is 9.69 Å². The Hall–Kier alpha value is -2.02. The number of rotatable bonds is 4. The van der Waals surface area contributed by atoms with E-state index in [1.165, 1.54) is 4.90 Å². The van der Waals surface area contributed by atoms with Gasteiger partial charge in [-0.2, -0.15) is 0 Å². The Labute approximate surface area is 153 Å². The summed E-state index contributed by atoms with van der Waals surface area (Å²) < 4.78 is 11.1. The van der Waals surface area contributed by atoms with E-state index >= 15 is 0 Å². The van der Waals surface area contributed by atoms with Gasteiger partial charge in [0.15, 0.2) is 0 Å². The van der Waals surface area contributed by atoms with Gasteiger partial charge in [0.25, 0.3) is 0 Å². The predicted molar refractivity (Wildman–Crippen MR) is 94.3 cm³/mol. The zero-order valence-corrected chi connectivity index (χ0v) is 15.4. The monoisotopic (exact) mass is 364 g/mol. The van der Waals surface area contributed by atoms with Crippen molar-refractivity contribution < 1.29 is 23.8 Å². The summed E-state index contributed by atoms with van der Waals surface area (Å²) in [7, 11) is 0. The van der Waals surface area contributed by atoms with Crippen LogP contribution in [0.2, 0.25) is 0 Å². The highest BCUT2D eigenvalue weighted by Gasteiger charge is 2.59. The molecule has 0 aliphatic carbocycles. The molecule has 1 aromatic heterocycles. The van der Waals surface area contributed by atoms with Crippen LogP contribution < -0.4 is 5.32 Å². The minimum atomic E-state index is -1.00. The first-order valence-electron chi connectivity index (χ1n) is 9.38. The first-order valence-corrected chi connectivity index (χ1v) is 9.38. The van der Waals surface area contributed by atoms with E-state index in [-0.39, 0.29) is 31.0 Å². The van der Waals surface area contributed by atoms with Crippen LogP contribution >= 0.6 is 0 Å². The molecule has 144 valence electrons. The van der Waals surface area contributed by atoms with Crippen LogP contribution in [0, 0.1) is 11.8 Å². The molecule has 7 nitrogen and oxygen atoms in total. The van der Waals surface area contributed by atoms with Crippen molar-refractivity contribution in [3.8, 4) is 0 Å². The van der Waals surface area contributed by atoms with Crippen LogP contribution in [0.5, 0.6) is 0 Å². The average Bonchev–Trinajstić information content (AvgIpc) is 3.20. The van der Waals surface area contributed by atoms with E-state index in [0.717, 1.165) is 12.8 Å². The van der Waals surface area contributed by atoms with Gasteiger partial charge in [0.05, 0.1) is 18.9 Å². The Morgan fingerprint density at radius 3 is 2.96 bits per heavy atom. The van der Waals surface area contributed by atoms with Gasteiger partial charge in [-0.05, 0) is 43.7 Å². The quantitative estimate of drug-likeness (QED) is 0.856. The van der Waals surface area contributed by atoms with Gasteiger partial charge in [0.1, 0.15) is 11.3 Å². The zero-order valence-electron chi connectivity index (χ0n) is 15.4. The number of aliphatic hydroxyl groups excluding tert-OH is 1. The largest absolute Gasteiger partial charge is 0.467 e. The number of carbonyl (C=O) groups is 2. The molecule has 26 heavy (non-hydrogen) atoms. The van der Waals surface area contributed by atoms with Crippen LogP contribution in [0.25, 0.3) is 0 Å². The van der Waals surface area contributed by atoms with E-state index in [0.29, 0.717) is 25.1 Å². The van der Waals surface area contributed by atoms with Crippen molar-refractivity contribution in [1.29, 1.82) is 0 Å². The Balaban J connectivity index is 2.01. The third kappa shape index (κ3) is 3.32. The lowest BCUT2D eigenvalue weighted by molar-refractivity contribution is -0.132. The maximum Gasteiger partial charge on any atom is 0.411 e. The summed E-state index contributed by atoms with van der Waals surface area (Å²) in [5, 5.41) is 12.9. The SMILES string of the molecule is CC(C)COC(=O)N1[C@@H](c2ccco2)[C@@H](CO)C[C@]12CCCCNC2=O. The molecule has 1 spiro atoms. The van der Waals surface area contributed by atoms with Crippen molar-refractivity contribution in [2.24, 2.45) is 11.8 Å². The maximum atomic E-state index is 13.0. The number of carbonyl (C=O) groups excluding carboxylic acids is 2. The van der Waals surface area contributed by atoms with Gasteiger partial charge in [-0.25, -0.2) is 4.79 Å². The van der Waals surface area contributed by atoms with E-state index in [9.17, 15) is 14.7 Å². The smallest absolute Gasteiger partial charge is 0.411 e. The summed E-state index contributed by atoms with van der Waals surface area (Å²) in [6, 6.07) is 3.02. The van der Waals surface area contributed by atoms with E-state index in [1.54, 1.807) is 18.4 Å². The molecule has 3 rings (SSSR count). The van der Waals surface area contributed by atoms with Gasteiger partial charge in [0, 0.05) is 19.1 Å². The number of nitrogens with one attached hydrogen (secondary N) is 1. The Morgan fingerprint density at radius 1 is 1.50 bits per heavy atom. The van der Waals surface area contributed by atoms with Crippen molar-refractivity contribution in [3.63, 3.8) is 0 Å². The number of likely N-dealkylation sites (tertiary alicyclic amines) is 1. The van der Waals surface area contributed by atoms with Crippen LogP contribution in [-0.2, 0) is 9.53 Å². The fourth-order valence-corrected chi connectivity index (χ4v) is 4.15. The van der Waals surface area contributed by atoms with Crippen molar-refractivity contribution >= 4 is 12.0 Å². The molecule has 3 atom stereocenters. The highest BCUT2D eigenvalue weighted by Crippen LogP contribution is 2.50. The lowest BCUT2D eigenvalue weighted by atomic mass is 9.86. The van der Waals surface area contributed by atoms with Crippen LogP contribution in [0.4, 0.5) is 4.79 Å². The molecule has 0 bridgehead atoms. The van der Waals surface area contributed by atoms with Crippen LogP contribution in [0.3, 0.4) is 0 Å². The van der Waals surface area contributed by atoms with Gasteiger partial charge < -0.3 is 19.6 Å². The van der Waals surface area contributed by atoms with Crippen molar-refractivity contribution in [2.75, 3.05) is 19.8 Å². The van der Waals surface area contributed by atoms with Crippen molar-refractivity contribution in [3.05, 3.63) is 24.2 Å². The number of hydrogen-bond acceptors (Lipinski definition) is 5. The maximum absolute atomic E-state index is 13.0.